The van der Waals surface area contributed by atoms with Crippen molar-refractivity contribution >= 4 is 69.6 Å². The first kappa shape index (κ1) is 41.6. The van der Waals surface area contributed by atoms with Crippen LogP contribution in [0.2, 0.25) is 0 Å². The van der Waals surface area contributed by atoms with Crippen LogP contribution in [0.25, 0.3) is 6.08 Å². The molecule has 2 heterocycles. The second kappa shape index (κ2) is 18.8. The van der Waals surface area contributed by atoms with Crippen LogP contribution in [-0.4, -0.2) is 65.3 Å². The number of thioether (sulfide) groups is 1. The van der Waals surface area contributed by atoms with Crippen molar-refractivity contribution in [3.05, 3.63) is 112 Å². The van der Waals surface area contributed by atoms with E-state index in [0.717, 1.165) is 10.4 Å². The van der Waals surface area contributed by atoms with Crippen LogP contribution >= 0.6 is 23.1 Å². The average Bonchev–Trinajstić information content (AvgIpc) is 3.52. The number of para-hydroxylation sites is 1. The van der Waals surface area contributed by atoms with E-state index in [0.29, 0.717) is 57.6 Å². The van der Waals surface area contributed by atoms with Gasteiger partial charge in [0.1, 0.15) is 22.0 Å². The highest BCUT2D eigenvalue weighted by Crippen LogP contribution is 2.39. The van der Waals surface area contributed by atoms with Crippen molar-refractivity contribution < 1.29 is 38.2 Å². The first-order chi connectivity index (χ1) is 26.8. The lowest BCUT2D eigenvalue weighted by atomic mass is 10.0. The minimum atomic E-state index is -0.655. The number of thiophene rings is 1. The quantitative estimate of drug-likeness (QED) is 0.0692. The molecule has 1 aromatic heterocycles. The van der Waals surface area contributed by atoms with Crippen molar-refractivity contribution in [3.63, 3.8) is 0 Å². The molecule has 0 bridgehead atoms. The topological polar surface area (TPSA) is 152 Å². The summed E-state index contributed by atoms with van der Waals surface area (Å²) in [5.74, 6) is -1.35. The molecule has 5 rings (SSSR count). The summed E-state index contributed by atoms with van der Waals surface area (Å²) in [6.45, 7) is 11.9. The smallest absolute Gasteiger partial charge is 0.410 e. The number of anilines is 2. The molecular weight excluding hydrogens is 753 g/mol. The monoisotopic (exact) mass is 798 g/mol. The third kappa shape index (κ3) is 11.0. The number of hydrogen-bond donors (Lipinski definition) is 3. The van der Waals surface area contributed by atoms with Crippen LogP contribution in [0, 0.1) is 0 Å². The third-order valence-corrected chi connectivity index (χ3v) is 10.5. The van der Waals surface area contributed by atoms with Crippen molar-refractivity contribution in [1.29, 1.82) is 0 Å². The van der Waals surface area contributed by atoms with E-state index in [2.05, 4.69) is 16.0 Å². The number of rotatable bonds is 13. The van der Waals surface area contributed by atoms with Gasteiger partial charge in [-0.15, -0.1) is 23.1 Å². The Labute approximate surface area is 335 Å². The molecule has 1 aliphatic rings. The number of carbonyl (C=O) groups excluding carboxylic acids is 5. The molecule has 4 aromatic rings. The number of carbonyl (C=O) groups is 5. The highest BCUT2D eigenvalue weighted by Gasteiger charge is 2.33. The summed E-state index contributed by atoms with van der Waals surface area (Å²) in [4.78, 5) is 69.6. The maximum Gasteiger partial charge on any atom is 0.410 e. The van der Waals surface area contributed by atoms with E-state index in [-0.39, 0.29) is 24.8 Å². The van der Waals surface area contributed by atoms with E-state index in [9.17, 15) is 24.0 Å². The van der Waals surface area contributed by atoms with E-state index >= 15 is 0 Å². The lowest BCUT2D eigenvalue weighted by Crippen LogP contribution is -2.39. The maximum absolute atomic E-state index is 13.8. The molecule has 1 unspecified atom stereocenters. The number of fused-ring (bicyclic) bond motifs is 1. The van der Waals surface area contributed by atoms with Crippen molar-refractivity contribution in [1.82, 2.24) is 10.2 Å². The van der Waals surface area contributed by atoms with Crippen molar-refractivity contribution in [2.24, 2.45) is 0 Å². The molecule has 14 heteroatoms. The van der Waals surface area contributed by atoms with Crippen LogP contribution in [0.4, 0.5) is 15.5 Å². The summed E-state index contributed by atoms with van der Waals surface area (Å²) in [5, 5.41) is 8.30. The summed E-state index contributed by atoms with van der Waals surface area (Å²) in [6, 6.07) is 22.8. The second-order valence-corrected chi connectivity index (χ2v) is 16.2. The van der Waals surface area contributed by atoms with Gasteiger partial charge in [0.25, 0.3) is 11.8 Å². The number of hydrogen-bond acceptors (Lipinski definition) is 10. The van der Waals surface area contributed by atoms with Gasteiger partial charge in [0.2, 0.25) is 5.91 Å². The van der Waals surface area contributed by atoms with E-state index in [1.54, 1.807) is 106 Å². The molecule has 56 heavy (non-hydrogen) atoms. The average molecular weight is 799 g/mol. The van der Waals surface area contributed by atoms with Crippen molar-refractivity contribution in [2.75, 3.05) is 30.4 Å². The fourth-order valence-electron chi connectivity index (χ4n) is 5.69. The van der Waals surface area contributed by atoms with Crippen LogP contribution in [-0.2, 0) is 32.0 Å². The van der Waals surface area contributed by atoms with Gasteiger partial charge in [0.05, 0.1) is 30.6 Å². The molecule has 0 fully saturated rings. The Balaban J connectivity index is 1.31. The molecule has 1 atom stereocenters. The number of amides is 4. The lowest BCUT2D eigenvalue weighted by molar-refractivity contribution is -0.115. The maximum atomic E-state index is 13.8. The highest BCUT2D eigenvalue weighted by molar-refractivity contribution is 8.00. The molecule has 0 saturated carbocycles. The van der Waals surface area contributed by atoms with Gasteiger partial charge >= 0.3 is 12.1 Å². The molecule has 0 radical (unpaired) electrons. The second-order valence-electron chi connectivity index (χ2n) is 13.7. The van der Waals surface area contributed by atoms with E-state index in [4.69, 9.17) is 14.2 Å². The molecule has 4 amide bonds. The Kier molecular flexibility index (Phi) is 14.0. The van der Waals surface area contributed by atoms with E-state index < -0.39 is 34.7 Å². The van der Waals surface area contributed by atoms with Gasteiger partial charge in [-0.2, -0.15) is 0 Å². The van der Waals surface area contributed by atoms with Gasteiger partial charge in [-0.1, -0.05) is 42.5 Å². The zero-order chi connectivity index (χ0) is 40.4. The lowest BCUT2D eigenvalue weighted by Gasteiger charge is -2.30. The number of benzene rings is 3. The molecule has 3 aromatic carbocycles. The Bertz CT molecular complexity index is 2110. The SMILES string of the molecule is CCOC(=O)c1c(NC(=O)C(C)Sc2cccc(NC(=O)/C(=C\c3ccccc3OCC)NC(=O)c3ccccc3)c2)sc2c1CCN(C(=O)OC(C)(C)C)C2. The summed E-state index contributed by atoms with van der Waals surface area (Å²) < 4.78 is 16.7. The van der Waals surface area contributed by atoms with Crippen molar-refractivity contribution in [2.45, 2.75) is 70.3 Å². The number of nitrogens with zero attached hydrogens (tertiary/aromatic N) is 1. The molecule has 0 spiro atoms. The molecule has 294 valence electrons. The van der Waals surface area contributed by atoms with E-state index in [1.165, 1.54) is 23.1 Å². The third-order valence-electron chi connectivity index (χ3n) is 8.25. The first-order valence-corrected chi connectivity index (χ1v) is 19.9. The molecule has 3 N–H and O–H groups in total. The Morgan fingerprint density at radius 3 is 2.38 bits per heavy atom. The van der Waals surface area contributed by atoms with Gasteiger partial charge in [-0.25, -0.2) is 9.59 Å². The van der Waals surface area contributed by atoms with Crippen LogP contribution in [0.5, 0.6) is 5.75 Å². The van der Waals surface area contributed by atoms with Crippen LogP contribution in [0.1, 0.15) is 78.3 Å². The van der Waals surface area contributed by atoms with Gasteiger partial charge in [-0.05, 0) is 96.0 Å². The van der Waals surface area contributed by atoms with Gasteiger partial charge < -0.3 is 35.1 Å². The minimum absolute atomic E-state index is 0.00192. The molecule has 0 aliphatic carbocycles. The Hall–Kier alpha value is -5.60. The van der Waals surface area contributed by atoms with Gasteiger partial charge in [0, 0.05) is 33.1 Å². The van der Waals surface area contributed by atoms with Gasteiger partial charge in [-0.3, -0.25) is 14.4 Å². The van der Waals surface area contributed by atoms with E-state index in [1.807, 2.05) is 25.1 Å². The van der Waals surface area contributed by atoms with Crippen LogP contribution in [0.15, 0.2) is 89.5 Å². The van der Waals surface area contributed by atoms with Gasteiger partial charge in [0.15, 0.2) is 0 Å². The van der Waals surface area contributed by atoms with Crippen LogP contribution in [0.3, 0.4) is 0 Å². The molecular formula is C42H46N4O8S2. The standard InChI is InChI=1S/C42H46N4O8S2/c1-7-52-33-20-13-12-17-28(33)23-32(44-37(48)27-15-10-9-11-16-27)38(49)43-29-18-14-19-30(24-29)55-26(3)36(47)45-39-35(40(50)53-8-2)31-21-22-46(25-34(31)56-39)41(51)54-42(4,5)6/h9-20,23-24,26H,7-8,21-22,25H2,1-6H3,(H,43,49)(H,44,48)(H,45,47)/b32-23+. The largest absolute Gasteiger partial charge is 0.493 e. The summed E-state index contributed by atoms with van der Waals surface area (Å²) in [6.07, 6.45) is 1.53. The first-order valence-electron chi connectivity index (χ1n) is 18.2. The molecule has 0 saturated heterocycles. The Morgan fingerprint density at radius 2 is 1.66 bits per heavy atom. The molecule has 12 nitrogen and oxygen atoms in total. The zero-order valence-corrected chi connectivity index (χ0v) is 33.9. The van der Waals surface area contributed by atoms with Crippen molar-refractivity contribution in [3.8, 4) is 5.75 Å². The number of nitrogens with one attached hydrogen (secondary N) is 3. The summed E-state index contributed by atoms with van der Waals surface area (Å²) in [5.41, 5.74) is 1.83. The fraction of sp³-hybridized carbons (Fsp3) is 0.310. The molecule has 1 aliphatic heterocycles. The normalized spacial score (nSPS) is 13.2. The predicted molar refractivity (Wildman–Crippen MR) is 219 cm³/mol. The zero-order valence-electron chi connectivity index (χ0n) is 32.2. The van der Waals surface area contributed by atoms with Crippen LogP contribution < -0.4 is 20.7 Å². The Morgan fingerprint density at radius 1 is 0.929 bits per heavy atom. The summed E-state index contributed by atoms with van der Waals surface area (Å²) >= 11 is 2.51. The minimum Gasteiger partial charge on any atom is -0.493 e. The fourth-order valence-corrected chi connectivity index (χ4v) is 7.88. The predicted octanol–water partition coefficient (Wildman–Crippen LogP) is 8.15. The highest BCUT2D eigenvalue weighted by atomic mass is 32.2. The number of esters is 1. The number of ether oxygens (including phenoxy) is 3. The summed E-state index contributed by atoms with van der Waals surface area (Å²) in [7, 11) is 0.